The molecule has 1 aromatic rings. The number of aryl methyl sites for hydroxylation is 1. The zero-order chi connectivity index (χ0) is 18.4. The van der Waals surface area contributed by atoms with E-state index in [0.29, 0.717) is 6.42 Å². The Bertz CT molecular complexity index is 569. The molecule has 0 aliphatic rings. The summed E-state index contributed by atoms with van der Waals surface area (Å²) in [4.78, 5) is 0.0638. The van der Waals surface area contributed by atoms with Crippen LogP contribution in [0, 0.1) is 0 Å². The maximum atomic E-state index is 11.3. The van der Waals surface area contributed by atoms with E-state index in [0.717, 1.165) is 18.4 Å². The average Bonchev–Trinajstić information content (AvgIpc) is 2.58. The maximum Gasteiger partial charge on any atom is 2.00 e. The van der Waals surface area contributed by atoms with E-state index in [-0.39, 0.29) is 30.8 Å². The molecule has 148 valence electrons. The third kappa shape index (κ3) is 12.3. The topological polar surface area (TPSA) is 54.4 Å². The predicted octanol–water partition coefficient (Wildman–Crippen LogP) is 6.41. The molecular weight excluding hydrogens is 357 g/mol. The summed E-state index contributed by atoms with van der Waals surface area (Å²) in [6.45, 7) is 2.26. The summed E-state index contributed by atoms with van der Waals surface area (Å²) >= 11 is 0. The summed E-state index contributed by atoms with van der Waals surface area (Å²) in [6.07, 6.45) is 17.6. The van der Waals surface area contributed by atoms with Gasteiger partial charge in [-0.1, -0.05) is 102 Å². The molecule has 0 saturated heterocycles. The fourth-order valence-electron chi connectivity index (χ4n) is 3.30. The van der Waals surface area contributed by atoms with Gasteiger partial charge in [-0.15, -0.1) is 0 Å². The van der Waals surface area contributed by atoms with Gasteiger partial charge in [0.1, 0.15) is 0 Å². The van der Waals surface area contributed by atoms with Crippen LogP contribution in [0.2, 0.25) is 0 Å². The average molecular weight is 395 g/mol. The zero-order valence-electron chi connectivity index (χ0n) is 18.6. The molecule has 0 unspecified atom stereocenters. The maximum absolute atomic E-state index is 11.3. The smallest absolute Gasteiger partial charge is 1.00 e. The monoisotopic (exact) mass is 394 g/mol. The van der Waals surface area contributed by atoms with E-state index in [2.05, 4.69) is 6.92 Å². The predicted molar refractivity (Wildman–Crippen MR) is 114 cm³/mol. The third-order valence-corrected chi connectivity index (χ3v) is 5.75. The van der Waals surface area contributed by atoms with E-state index in [1.54, 1.807) is 12.1 Å². The van der Waals surface area contributed by atoms with Crippen LogP contribution in [-0.4, -0.2) is 36.0 Å². The molecule has 0 aliphatic carbocycles. The van der Waals surface area contributed by atoms with Gasteiger partial charge >= 0.3 is 23.1 Å². The van der Waals surface area contributed by atoms with Crippen molar-refractivity contribution in [3.05, 3.63) is 29.8 Å². The molecule has 0 aromatic heterocycles. The molecule has 1 rings (SSSR count). The quantitative estimate of drug-likeness (QED) is 0.212. The first-order valence-corrected chi connectivity index (χ1v) is 11.5. The molecule has 0 amide bonds. The van der Waals surface area contributed by atoms with Gasteiger partial charge in [0.05, 0.1) is 4.90 Å². The molecule has 0 spiro atoms. The fraction of sp³-hybridized carbons (Fsp3) is 0.714. The van der Waals surface area contributed by atoms with Gasteiger partial charge in [0.2, 0.25) is 0 Å². The van der Waals surface area contributed by atoms with Crippen molar-refractivity contribution in [2.75, 3.05) is 0 Å². The molecule has 1 N–H and O–H groups in total. The van der Waals surface area contributed by atoms with Gasteiger partial charge in [-0.25, -0.2) is 0 Å². The van der Waals surface area contributed by atoms with Crippen LogP contribution in [0.4, 0.5) is 0 Å². The molecule has 0 bridgehead atoms. The normalized spacial score (nSPS) is 11.3. The first-order valence-electron chi connectivity index (χ1n) is 10.1. The van der Waals surface area contributed by atoms with Crippen LogP contribution in [0.1, 0.15) is 98.8 Å². The van der Waals surface area contributed by atoms with Crippen molar-refractivity contribution >= 4 is 33.2 Å². The number of benzene rings is 1. The van der Waals surface area contributed by atoms with Crippen molar-refractivity contribution in [2.45, 2.75) is 102 Å². The van der Waals surface area contributed by atoms with Crippen LogP contribution in [0.15, 0.2) is 29.2 Å². The van der Waals surface area contributed by atoms with Crippen molar-refractivity contribution in [1.82, 2.24) is 0 Å². The molecule has 26 heavy (non-hydrogen) atoms. The van der Waals surface area contributed by atoms with Gasteiger partial charge in [0.25, 0.3) is 10.1 Å². The van der Waals surface area contributed by atoms with E-state index < -0.39 is 10.1 Å². The van der Waals surface area contributed by atoms with Crippen molar-refractivity contribution in [2.24, 2.45) is 0 Å². The minimum absolute atomic E-state index is 0. The van der Waals surface area contributed by atoms with Crippen LogP contribution >= 0.6 is 0 Å². The van der Waals surface area contributed by atoms with Crippen LogP contribution in [-0.2, 0) is 16.5 Å². The van der Waals surface area contributed by atoms with Crippen molar-refractivity contribution in [1.29, 1.82) is 0 Å². The summed E-state index contributed by atoms with van der Waals surface area (Å²) < 4.78 is 31.9. The van der Waals surface area contributed by atoms with E-state index in [1.807, 2.05) is 6.07 Å². The Morgan fingerprint density at radius 1 is 0.769 bits per heavy atom. The van der Waals surface area contributed by atoms with E-state index in [9.17, 15) is 13.0 Å². The van der Waals surface area contributed by atoms with Crippen LogP contribution in [0.3, 0.4) is 0 Å². The van der Waals surface area contributed by atoms with Crippen LogP contribution in [0.5, 0.6) is 0 Å². The second-order valence-electron chi connectivity index (χ2n) is 7.08. The van der Waals surface area contributed by atoms with Gasteiger partial charge in [-0.2, -0.15) is 8.42 Å². The summed E-state index contributed by atoms with van der Waals surface area (Å²) in [5.74, 6) is 0. The Morgan fingerprint density at radius 2 is 1.19 bits per heavy atom. The molecule has 5 heteroatoms. The molecule has 0 heterocycles. The van der Waals surface area contributed by atoms with Gasteiger partial charge < -0.3 is 2.85 Å². The number of hydrogen-bond acceptors (Lipinski definition) is 2. The molecule has 0 aliphatic heterocycles. The first-order chi connectivity index (χ1) is 12.1. The zero-order valence-corrected chi connectivity index (χ0v) is 18.8. The molecule has 0 radical (unpaired) electrons. The minimum Gasteiger partial charge on any atom is -1.00 e. The molecule has 1 aromatic carbocycles. The van der Waals surface area contributed by atoms with Crippen molar-refractivity contribution < 1.29 is 15.8 Å². The summed E-state index contributed by atoms with van der Waals surface area (Å²) in [6, 6.07) is 6.75. The standard InChI is InChI=1S/C21H36O3S.Mg.2H/c1-2-3-4-5-6-7-8-9-10-11-12-13-14-17-20-18-15-16-19-21(20)25(22,23)24;;;/h15-16,18-19H,2-14,17H2,1H3,(H,22,23,24);;;/q;+2;2*-1. The second kappa shape index (κ2) is 15.9. The third-order valence-electron chi connectivity index (χ3n) is 4.80. The summed E-state index contributed by atoms with van der Waals surface area (Å²) in [5, 5.41) is 0. The Kier molecular flexibility index (Phi) is 15.8. The molecule has 0 saturated carbocycles. The molecule has 3 nitrogen and oxygen atoms in total. The van der Waals surface area contributed by atoms with Gasteiger partial charge in [-0.05, 0) is 24.5 Å². The van der Waals surface area contributed by atoms with Gasteiger partial charge in [0, 0.05) is 0 Å². The van der Waals surface area contributed by atoms with Crippen molar-refractivity contribution in [3.63, 3.8) is 0 Å². The largest absolute Gasteiger partial charge is 2.00 e. The summed E-state index contributed by atoms with van der Waals surface area (Å²) in [5.41, 5.74) is 0.730. The minimum atomic E-state index is -4.10. The van der Waals surface area contributed by atoms with Crippen LogP contribution < -0.4 is 0 Å². The Balaban J connectivity index is -0.00000208. The van der Waals surface area contributed by atoms with Crippen LogP contribution in [0.25, 0.3) is 0 Å². The first kappa shape index (κ1) is 25.9. The Labute approximate surface area is 180 Å². The molecule has 0 fully saturated rings. The molecular formula is C21H38MgO3S. The number of unbranched alkanes of at least 4 members (excludes halogenated alkanes) is 12. The van der Waals surface area contributed by atoms with E-state index >= 15 is 0 Å². The van der Waals surface area contributed by atoms with Gasteiger partial charge in [-0.3, -0.25) is 4.55 Å². The van der Waals surface area contributed by atoms with Crippen molar-refractivity contribution in [3.8, 4) is 0 Å². The number of hydrogen-bond donors (Lipinski definition) is 1. The van der Waals surface area contributed by atoms with E-state index in [1.165, 1.54) is 76.7 Å². The van der Waals surface area contributed by atoms with E-state index in [4.69, 9.17) is 0 Å². The second-order valence-corrected chi connectivity index (χ2v) is 8.47. The van der Waals surface area contributed by atoms with Gasteiger partial charge in [0.15, 0.2) is 0 Å². The Morgan fingerprint density at radius 3 is 1.65 bits per heavy atom. The molecule has 0 atom stereocenters. The summed E-state index contributed by atoms with van der Waals surface area (Å²) in [7, 11) is -4.10. The Hall–Kier alpha value is -0.104. The fourth-order valence-corrected chi connectivity index (χ4v) is 4.05. The SMILES string of the molecule is CCCCCCCCCCCCCCCc1ccccc1S(=O)(=O)O.[H-].[H-].[Mg+2]. The number of rotatable bonds is 15.